The van der Waals surface area contributed by atoms with Crippen LogP contribution in [0.3, 0.4) is 0 Å². The molecule has 2 aromatic rings. The molecule has 2 aromatic carbocycles. The lowest BCUT2D eigenvalue weighted by atomic mass is 9.94. The summed E-state index contributed by atoms with van der Waals surface area (Å²) in [4.78, 5) is 38.2. The smallest absolute Gasteiger partial charge is 0.414 e. The number of carbonyl (C=O) groups is 3. The molecular weight excluding hydrogens is 412 g/mol. The highest BCUT2D eigenvalue weighted by molar-refractivity contribution is 5.91. The summed E-state index contributed by atoms with van der Waals surface area (Å²) in [6.45, 7) is 5.51. The molecule has 0 fully saturated rings. The first-order chi connectivity index (χ1) is 15.1. The molecule has 2 N–H and O–H groups in total. The van der Waals surface area contributed by atoms with Gasteiger partial charge in [-0.3, -0.25) is 4.90 Å². The second-order valence-corrected chi connectivity index (χ2v) is 8.68. The van der Waals surface area contributed by atoms with E-state index >= 15 is 0 Å². The summed E-state index contributed by atoms with van der Waals surface area (Å²) in [6.07, 6.45) is -1.19. The van der Waals surface area contributed by atoms with Crippen molar-refractivity contribution in [3.63, 3.8) is 0 Å². The van der Waals surface area contributed by atoms with E-state index in [1.54, 1.807) is 26.8 Å². The Morgan fingerprint density at radius 1 is 1.09 bits per heavy atom. The number of fused-ring (bicyclic) bond motifs is 1. The molecule has 0 aliphatic carbocycles. The number of amides is 2. The summed E-state index contributed by atoms with van der Waals surface area (Å²) in [7, 11) is 0. The van der Waals surface area contributed by atoms with Gasteiger partial charge >= 0.3 is 18.2 Å². The summed E-state index contributed by atoms with van der Waals surface area (Å²) >= 11 is 0. The maximum absolute atomic E-state index is 12.8. The number of nitrogens with zero attached hydrogens (tertiary/aromatic N) is 1. The average Bonchev–Trinajstić information content (AvgIpc) is 3.09. The molecule has 0 radical (unpaired) electrons. The topological polar surface area (TPSA) is 105 Å². The fourth-order valence-corrected chi connectivity index (χ4v) is 3.62. The van der Waals surface area contributed by atoms with Crippen LogP contribution < -0.4 is 10.2 Å². The van der Waals surface area contributed by atoms with E-state index in [1.165, 1.54) is 4.90 Å². The molecule has 2 atom stereocenters. The number of nitrogens with one attached hydrogen (secondary N) is 1. The Bertz CT molecular complexity index is 970. The molecule has 170 valence electrons. The van der Waals surface area contributed by atoms with Gasteiger partial charge < -0.3 is 19.9 Å². The molecule has 0 bridgehead atoms. The number of hydrogen-bond donors (Lipinski definition) is 2. The first-order valence-electron chi connectivity index (χ1n) is 10.4. The van der Waals surface area contributed by atoms with Crippen LogP contribution in [-0.4, -0.2) is 41.4 Å². The van der Waals surface area contributed by atoms with Crippen molar-refractivity contribution in [1.82, 2.24) is 5.32 Å². The largest absolute Gasteiger partial charge is 0.480 e. The summed E-state index contributed by atoms with van der Waals surface area (Å²) in [5.41, 5.74) is 1.64. The fourth-order valence-electron chi connectivity index (χ4n) is 3.62. The molecule has 0 spiro atoms. The molecule has 0 aromatic heterocycles. The second-order valence-electron chi connectivity index (χ2n) is 8.68. The van der Waals surface area contributed by atoms with Crippen molar-refractivity contribution in [1.29, 1.82) is 0 Å². The van der Waals surface area contributed by atoms with E-state index in [0.717, 1.165) is 11.1 Å². The first-order valence-corrected chi connectivity index (χ1v) is 10.4. The minimum atomic E-state index is -1.17. The Balaban J connectivity index is 1.70. The monoisotopic (exact) mass is 440 g/mol. The van der Waals surface area contributed by atoms with E-state index in [9.17, 15) is 19.5 Å². The van der Waals surface area contributed by atoms with Crippen LogP contribution in [0, 0.1) is 0 Å². The zero-order valence-electron chi connectivity index (χ0n) is 18.4. The Morgan fingerprint density at radius 2 is 1.75 bits per heavy atom. The predicted octanol–water partition coefficient (Wildman–Crippen LogP) is 4.30. The van der Waals surface area contributed by atoms with E-state index in [1.807, 2.05) is 48.5 Å². The van der Waals surface area contributed by atoms with Crippen LogP contribution in [0.5, 0.6) is 0 Å². The van der Waals surface area contributed by atoms with Gasteiger partial charge in [0.2, 0.25) is 0 Å². The Kier molecular flexibility index (Phi) is 7.02. The SMILES string of the molecule is CC(C)(C)OC(=O)N[C@@H](C[C@H]1CN(C(=O)OCc2ccccc2)c2ccccc21)C(=O)O. The Labute approximate surface area is 187 Å². The van der Waals surface area contributed by atoms with Gasteiger partial charge in [0.05, 0.1) is 5.69 Å². The Morgan fingerprint density at radius 3 is 2.41 bits per heavy atom. The number of benzene rings is 2. The van der Waals surface area contributed by atoms with Gasteiger partial charge in [0, 0.05) is 12.5 Å². The lowest BCUT2D eigenvalue weighted by molar-refractivity contribution is -0.139. The van der Waals surface area contributed by atoms with Crippen molar-refractivity contribution >= 4 is 23.8 Å². The third kappa shape index (κ3) is 6.00. The molecule has 0 saturated heterocycles. The van der Waals surface area contributed by atoms with Crippen LogP contribution in [0.2, 0.25) is 0 Å². The van der Waals surface area contributed by atoms with E-state index in [-0.39, 0.29) is 25.5 Å². The maximum Gasteiger partial charge on any atom is 0.414 e. The minimum absolute atomic E-state index is 0.105. The van der Waals surface area contributed by atoms with Crippen LogP contribution in [0.25, 0.3) is 0 Å². The van der Waals surface area contributed by atoms with Crippen molar-refractivity contribution in [3.8, 4) is 0 Å². The van der Waals surface area contributed by atoms with Crippen molar-refractivity contribution in [2.75, 3.05) is 11.4 Å². The highest BCUT2D eigenvalue weighted by Gasteiger charge is 2.36. The van der Waals surface area contributed by atoms with E-state index < -0.39 is 29.8 Å². The molecule has 8 nitrogen and oxygen atoms in total. The summed E-state index contributed by atoms with van der Waals surface area (Å²) in [5.74, 6) is -1.45. The van der Waals surface area contributed by atoms with Crippen molar-refractivity contribution in [2.45, 2.75) is 51.4 Å². The average molecular weight is 440 g/mol. The Hall–Kier alpha value is -3.55. The van der Waals surface area contributed by atoms with E-state index in [2.05, 4.69) is 5.32 Å². The fraction of sp³-hybridized carbons (Fsp3) is 0.375. The van der Waals surface area contributed by atoms with Crippen LogP contribution in [-0.2, 0) is 20.9 Å². The highest BCUT2D eigenvalue weighted by Crippen LogP contribution is 2.39. The maximum atomic E-state index is 12.8. The van der Waals surface area contributed by atoms with Gasteiger partial charge in [-0.2, -0.15) is 0 Å². The minimum Gasteiger partial charge on any atom is -0.480 e. The molecule has 1 aliphatic rings. The molecule has 2 amide bonds. The van der Waals surface area contributed by atoms with Crippen LogP contribution >= 0.6 is 0 Å². The molecule has 0 unspecified atom stereocenters. The number of ether oxygens (including phenoxy) is 2. The van der Waals surface area contributed by atoms with Crippen molar-refractivity contribution in [2.24, 2.45) is 0 Å². The van der Waals surface area contributed by atoms with Gasteiger partial charge in [-0.1, -0.05) is 48.5 Å². The van der Waals surface area contributed by atoms with Crippen molar-refractivity contribution < 1.29 is 29.0 Å². The van der Waals surface area contributed by atoms with Gasteiger partial charge in [-0.05, 0) is 44.4 Å². The molecule has 32 heavy (non-hydrogen) atoms. The number of anilines is 1. The first kappa shape index (κ1) is 23.1. The number of carboxylic acids is 1. The van der Waals surface area contributed by atoms with Gasteiger partial charge in [0.25, 0.3) is 0 Å². The number of rotatable bonds is 6. The molecule has 1 aliphatic heterocycles. The third-order valence-electron chi connectivity index (χ3n) is 5.01. The van der Waals surface area contributed by atoms with Gasteiger partial charge in [0.1, 0.15) is 18.2 Å². The number of carboxylic acid groups (broad SMARTS) is 1. The number of carbonyl (C=O) groups excluding carboxylic acids is 2. The standard InChI is InChI=1S/C24H28N2O6/c1-24(2,3)32-22(29)25-19(21(27)28)13-17-14-26(20-12-8-7-11-18(17)20)23(30)31-15-16-9-5-4-6-10-16/h4-12,17,19H,13-15H2,1-3H3,(H,25,29)(H,27,28)/t17-,19-/m0/s1. The van der Waals surface area contributed by atoms with Crippen LogP contribution in [0.15, 0.2) is 54.6 Å². The number of aliphatic carboxylic acids is 1. The zero-order chi connectivity index (χ0) is 23.3. The molecule has 3 rings (SSSR count). The van der Waals surface area contributed by atoms with Crippen LogP contribution in [0.4, 0.5) is 15.3 Å². The second kappa shape index (κ2) is 9.72. The molecular formula is C24H28N2O6. The molecule has 8 heteroatoms. The predicted molar refractivity (Wildman–Crippen MR) is 119 cm³/mol. The number of hydrogen-bond acceptors (Lipinski definition) is 5. The van der Waals surface area contributed by atoms with Gasteiger partial charge in [-0.15, -0.1) is 0 Å². The summed E-state index contributed by atoms with van der Waals surface area (Å²) in [6, 6.07) is 15.5. The summed E-state index contributed by atoms with van der Waals surface area (Å²) in [5, 5.41) is 12.1. The lowest BCUT2D eigenvalue weighted by Gasteiger charge is -2.23. The number of alkyl carbamates (subject to hydrolysis) is 1. The molecule has 1 heterocycles. The highest BCUT2D eigenvalue weighted by atomic mass is 16.6. The number of para-hydroxylation sites is 1. The zero-order valence-corrected chi connectivity index (χ0v) is 18.4. The third-order valence-corrected chi connectivity index (χ3v) is 5.01. The van der Waals surface area contributed by atoms with Crippen LogP contribution in [0.1, 0.15) is 44.2 Å². The van der Waals surface area contributed by atoms with E-state index in [0.29, 0.717) is 5.69 Å². The van der Waals surface area contributed by atoms with Crippen molar-refractivity contribution in [3.05, 3.63) is 65.7 Å². The quantitative estimate of drug-likeness (QED) is 0.694. The van der Waals surface area contributed by atoms with Gasteiger partial charge in [0.15, 0.2) is 0 Å². The molecule has 0 saturated carbocycles. The van der Waals surface area contributed by atoms with E-state index in [4.69, 9.17) is 9.47 Å². The summed E-state index contributed by atoms with van der Waals surface area (Å²) < 4.78 is 10.7. The normalized spacial score (nSPS) is 16.1. The van der Waals surface area contributed by atoms with Gasteiger partial charge in [-0.25, -0.2) is 14.4 Å². The lowest BCUT2D eigenvalue weighted by Crippen LogP contribution is -2.44.